The largest absolute Gasteiger partial charge is 0.439 e. The number of anilines is 1. The molecule has 1 unspecified atom stereocenters. The number of fused-ring (bicyclic) bond motifs is 1. The van der Waals surface area contributed by atoms with Crippen LogP contribution in [-0.4, -0.2) is 43.4 Å². The SMILES string of the molecule is COCC(Nc1nc2nc(-c3noc(=O)[nH]3)nc(-c3cccc(Cl)c3)c2n1C[C@H]1CC[C@H](C)CC1)c1ccccc1. The van der Waals surface area contributed by atoms with Crippen LogP contribution in [0.2, 0.25) is 5.02 Å². The second-order valence-corrected chi connectivity index (χ2v) is 11.2. The van der Waals surface area contributed by atoms with Crippen LogP contribution in [-0.2, 0) is 11.3 Å². The summed E-state index contributed by atoms with van der Waals surface area (Å²) in [5.74, 6) is 1.56. The van der Waals surface area contributed by atoms with E-state index in [2.05, 4.69) is 39.1 Å². The number of methoxy groups -OCH3 is 1. The molecule has 212 valence electrons. The molecule has 2 aromatic carbocycles. The van der Waals surface area contributed by atoms with Crippen molar-refractivity contribution in [2.24, 2.45) is 11.8 Å². The number of nitrogens with zero attached hydrogens (tertiary/aromatic N) is 5. The summed E-state index contributed by atoms with van der Waals surface area (Å²) in [6.07, 6.45) is 4.70. The number of halogens is 1. The first kappa shape index (κ1) is 27.2. The lowest BCUT2D eigenvalue weighted by Crippen LogP contribution is -2.22. The maximum absolute atomic E-state index is 11.7. The van der Waals surface area contributed by atoms with Gasteiger partial charge in [0.15, 0.2) is 5.65 Å². The zero-order valence-corrected chi connectivity index (χ0v) is 23.8. The van der Waals surface area contributed by atoms with Crippen LogP contribution in [0.3, 0.4) is 0 Å². The lowest BCUT2D eigenvalue weighted by molar-refractivity contribution is 0.186. The molecule has 0 amide bonds. The second-order valence-electron chi connectivity index (χ2n) is 10.8. The van der Waals surface area contributed by atoms with Crippen LogP contribution in [0.1, 0.15) is 44.2 Å². The fourth-order valence-corrected chi connectivity index (χ4v) is 5.78. The number of rotatable bonds is 9. The van der Waals surface area contributed by atoms with Gasteiger partial charge in [-0.15, -0.1) is 0 Å². The molecule has 0 radical (unpaired) electrons. The molecule has 3 aromatic heterocycles. The highest BCUT2D eigenvalue weighted by Crippen LogP contribution is 2.36. The minimum Gasteiger partial charge on any atom is -0.382 e. The average Bonchev–Trinajstić information content (AvgIpc) is 3.57. The number of nitrogens with one attached hydrogen (secondary N) is 2. The Morgan fingerprint density at radius 3 is 2.61 bits per heavy atom. The summed E-state index contributed by atoms with van der Waals surface area (Å²) in [4.78, 5) is 28.9. The minimum atomic E-state index is -0.683. The molecule has 0 aliphatic heterocycles. The molecule has 1 aliphatic carbocycles. The van der Waals surface area contributed by atoms with Crippen molar-refractivity contribution in [3.05, 3.63) is 75.7 Å². The second kappa shape index (κ2) is 11.8. The topological polar surface area (TPSA) is 124 Å². The van der Waals surface area contributed by atoms with E-state index in [4.69, 9.17) is 35.8 Å². The quantitative estimate of drug-likeness (QED) is 0.216. The summed E-state index contributed by atoms with van der Waals surface area (Å²) in [6, 6.07) is 17.5. The van der Waals surface area contributed by atoms with Crippen LogP contribution in [0.4, 0.5) is 5.95 Å². The van der Waals surface area contributed by atoms with Gasteiger partial charge in [0, 0.05) is 24.2 Å². The van der Waals surface area contributed by atoms with Crippen LogP contribution in [0, 0.1) is 11.8 Å². The van der Waals surface area contributed by atoms with Crippen molar-refractivity contribution in [2.45, 2.75) is 45.2 Å². The van der Waals surface area contributed by atoms with Gasteiger partial charge in [-0.3, -0.25) is 9.51 Å². The first-order valence-electron chi connectivity index (χ1n) is 13.9. The van der Waals surface area contributed by atoms with E-state index < -0.39 is 5.76 Å². The van der Waals surface area contributed by atoms with Gasteiger partial charge < -0.3 is 14.6 Å². The average molecular weight is 574 g/mol. The molecule has 0 bridgehead atoms. The number of aromatic amines is 1. The zero-order chi connectivity index (χ0) is 28.3. The Balaban J connectivity index is 1.54. The smallest absolute Gasteiger partial charge is 0.382 e. The highest BCUT2D eigenvalue weighted by molar-refractivity contribution is 6.30. The molecule has 1 aliphatic rings. The van der Waals surface area contributed by atoms with Gasteiger partial charge in [0.25, 0.3) is 0 Å². The molecule has 0 saturated heterocycles. The summed E-state index contributed by atoms with van der Waals surface area (Å²) in [7, 11) is 1.69. The standard InChI is InChI=1S/C30H32ClN7O3/c1-18-11-13-19(14-12-18)16-38-25-24(21-9-6-10-22(31)15-21)33-27(28-36-30(39)41-37-28)34-26(25)35-29(38)32-23(17-40-2)20-7-4-3-5-8-20/h3-10,15,18-19,23H,11-14,16-17H2,1-2H3,(H,36,37,39)(H,32,33,34,35)/t18-,19-,23?. The van der Waals surface area contributed by atoms with Crippen molar-refractivity contribution in [1.29, 1.82) is 0 Å². The minimum absolute atomic E-state index is 0.132. The third-order valence-corrected chi connectivity index (χ3v) is 8.00. The molecule has 1 saturated carbocycles. The Morgan fingerprint density at radius 1 is 1.10 bits per heavy atom. The maximum atomic E-state index is 11.7. The van der Waals surface area contributed by atoms with E-state index in [1.54, 1.807) is 7.11 Å². The van der Waals surface area contributed by atoms with Crippen LogP contribution in [0.25, 0.3) is 34.1 Å². The van der Waals surface area contributed by atoms with Crippen LogP contribution in [0.15, 0.2) is 63.9 Å². The van der Waals surface area contributed by atoms with Crippen molar-refractivity contribution in [2.75, 3.05) is 19.0 Å². The van der Waals surface area contributed by atoms with E-state index in [-0.39, 0.29) is 17.7 Å². The number of imidazole rings is 1. The summed E-state index contributed by atoms with van der Waals surface area (Å²) in [6.45, 7) is 3.54. The molecule has 10 nitrogen and oxygen atoms in total. The number of benzene rings is 2. The molecule has 11 heteroatoms. The summed E-state index contributed by atoms with van der Waals surface area (Å²) < 4.78 is 12.5. The molecule has 0 spiro atoms. The van der Waals surface area contributed by atoms with Gasteiger partial charge in [0.2, 0.25) is 17.6 Å². The fraction of sp³-hybridized carbons (Fsp3) is 0.367. The summed E-state index contributed by atoms with van der Waals surface area (Å²) in [5.41, 5.74) is 3.79. The van der Waals surface area contributed by atoms with E-state index in [1.807, 2.05) is 42.5 Å². The van der Waals surface area contributed by atoms with E-state index in [0.717, 1.165) is 41.9 Å². The maximum Gasteiger partial charge on any atom is 0.439 e. The molecule has 5 aromatic rings. The summed E-state index contributed by atoms with van der Waals surface area (Å²) >= 11 is 6.42. The van der Waals surface area contributed by atoms with Crippen molar-refractivity contribution < 1.29 is 9.26 Å². The van der Waals surface area contributed by atoms with Crippen molar-refractivity contribution in [3.8, 4) is 22.9 Å². The molecule has 1 atom stereocenters. The predicted octanol–water partition coefficient (Wildman–Crippen LogP) is 6.12. The van der Waals surface area contributed by atoms with Crippen molar-refractivity contribution in [3.63, 3.8) is 0 Å². The highest BCUT2D eigenvalue weighted by Gasteiger charge is 2.26. The highest BCUT2D eigenvalue weighted by atomic mass is 35.5. The molecule has 1 fully saturated rings. The monoisotopic (exact) mass is 573 g/mol. The van der Waals surface area contributed by atoms with E-state index in [0.29, 0.717) is 34.8 Å². The van der Waals surface area contributed by atoms with Gasteiger partial charge >= 0.3 is 5.76 Å². The Hall–Kier alpha value is -4.02. The molecule has 41 heavy (non-hydrogen) atoms. The zero-order valence-electron chi connectivity index (χ0n) is 23.0. The molecule has 3 heterocycles. The Kier molecular flexibility index (Phi) is 7.84. The van der Waals surface area contributed by atoms with Gasteiger partial charge in [-0.2, -0.15) is 4.98 Å². The number of ether oxygens (including phenoxy) is 1. The van der Waals surface area contributed by atoms with E-state index in [1.165, 1.54) is 12.8 Å². The Morgan fingerprint density at radius 2 is 1.90 bits per heavy atom. The van der Waals surface area contributed by atoms with Crippen LogP contribution in [0.5, 0.6) is 0 Å². The van der Waals surface area contributed by atoms with Crippen molar-refractivity contribution >= 4 is 28.7 Å². The first-order chi connectivity index (χ1) is 20.0. The normalized spacial score (nSPS) is 18.0. The van der Waals surface area contributed by atoms with E-state index >= 15 is 0 Å². The molecular weight excluding hydrogens is 542 g/mol. The molecule has 2 N–H and O–H groups in total. The fourth-order valence-electron chi connectivity index (χ4n) is 5.59. The first-order valence-corrected chi connectivity index (χ1v) is 14.3. The van der Waals surface area contributed by atoms with E-state index in [9.17, 15) is 4.79 Å². The Labute approximate surface area is 242 Å². The van der Waals surface area contributed by atoms with Crippen molar-refractivity contribution in [1.82, 2.24) is 29.7 Å². The third kappa shape index (κ3) is 5.89. The molecule has 6 rings (SSSR count). The number of H-pyrrole nitrogens is 1. The van der Waals surface area contributed by atoms with Crippen LogP contribution < -0.4 is 11.1 Å². The van der Waals surface area contributed by atoms with Gasteiger partial charge in [-0.25, -0.2) is 14.8 Å². The lowest BCUT2D eigenvalue weighted by atomic mass is 9.83. The third-order valence-electron chi connectivity index (χ3n) is 7.77. The number of aromatic nitrogens is 6. The number of hydrogen-bond acceptors (Lipinski definition) is 8. The van der Waals surface area contributed by atoms with Gasteiger partial charge in [-0.1, -0.05) is 79.0 Å². The van der Waals surface area contributed by atoms with Crippen LogP contribution >= 0.6 is 11.6 Å². The van der Waals surface area contributed by atoms with Gasteiger partial charge in [-0.05, 0) is 42.4 Å². The summed E-state index contributed by atoms with van der Waals surface area (Å²) in [5, 5.41) is 8.06. The van der Waals surface area contributed by atoms with Gasteiger partial charge in [0.1, 0.15) is 11.2 Å². The van der Waals surface area contributed by atoms with Gasteiger partial charge in [0.05, 0.1) is 12.6 Å². The lowest BCUT2D eigenvalue weighted by Gasteiger charge is -2.28. The Bertz CT molecular complexity index is 1690. The predicted molar refractivity (Wildman–Crippen MR) is 158 cm³/mol. The number of hydrogen-bond donors (Lipinski definition) is 2. The molecular formula is C30H32ClN7O3.